The van der Waals surface area contributed by atoms with Gasteiger partial charge in [-0.05, 0) is 31.8 Å². The highest BCUT2D eigenvalue weighted by atomic mass is 19.4. The van der Waals surface area contributed by atoms with Gasteiger partial charge in [-0.3, -0.25) is 0 Å². The van der Waals surface area contributed by atoms with Crippen LogP contribution in [0.4, 0.5) is 13.2 Å². The van der Waals surface area contributed by atoms with Gasteiger partial charge in [0.15, 0.2) is 0 Å². The Morgan fingerprint density at radius 1 is 1.42 bits per heavy atom. The molecule has 0 aromatic heterocycles. The summed E-state index contributed by atoms with van der Waals surface area (Å²) in [6, 6.07) is -1.39. The lowest BCUT2D eigenvalue weighted by molar-refractivity contribution is -0.171. The monoisotopic (exact) mass is 182 g/mol. The van der Waals surface area contributed by atoms with E-state index >= 15 is 0 Å². The predicted octanol–water partition coefficient (Wildman–Crippen LogP) is 0.876. The van der Waals surface area contributed by atoms with Crippen molar-refractivity contribution in [2.24, 2.45) is 11.7 Å². The van der Waals surface area contributed by atoms with Gasteiger partial charge in [0.25, 0.3) is 0 Å². The number of piperidine rings is 1. The molecule has 3 N–H and O–H groups in total. The first-order chi connectivity index (χ1) is 5.55. The van der Waals surface area contributed by atoms with Crippen LogP contribution in [0.25, 0.3) is 0 Å². The largest absolute Gasteiger partial charge is 0.404 e. The van der Waals surface area contributed by atoms with Crippen LogP contribution < -0.4 is 11.1 Å². The Hall–Kier alpha value is -0.290. The minimum atomic E-state index is -4.15. The quantitative estimate of drug-likeness (QED) is 0.631. The van der Waals surface area contributed by atoms with Gasteiger partial charge in [0.05, 0.1) is 0 Å². The van der Waals surface area contributed by atoms with Crippen LogP contribution in [0.3, 0.4) is 0 Å². The van der Waals surface area contributed by atoms with Gasteiger partial charge in [-0.25, -0.2) is 0 Å². The molecule has 0 bridgehead atoms. The average Bonchev–Trinajstić information content (AvgIpc) is 2.03. The number of hydrogen-bond acceptors (Lipinski definition) is 2. The number of nitrogens with one attached hydrogen (secondary N) is 1. The van der Waals surface area contributed by atoms with Gasteiger partial charge in [-0.15, -0.1) is 0 Å². The van der Waals surface area contributed by atoms with Crippen LogP contribution in [0.1, 0.15) is 12.8 Å². The van der Waals surface area contributed by atoms with E-state index in [9.17, 15) is 13.2 Å². The summed E-state index contributed by atoms with van der Waals surface area (Å²) in [5, 5.41) is 2.46. The molecule has 1 rings (SSSR count). The normalized spacial score (nSPS) is 32.0. The van der Waals surface area contributed by atoms with E-state index in [1.54, 1.807) is 0 Å². The summed E-state index contributed by atoms with van der Waals surface area (Å²) in [6.07, 6.45) is -2.79. The molecule has 1 fully saturated rings. The molecule has 5 heteroatoms. The summed E-state index contributed by atoms with van der Waals surface area (Å²) in [5.41, 5.74) is 5.25. The fraction of sp³-hybridized carbons (Fsp3) is 1.00. The van der Waals surface area contributed by atoms with Crippen molar-refractivity contribution in [3.05, 3.63) is 0 Å². The van der Waals surface area contributed by atoms with Gasteiger partial charge >= 0.3 is 6.18 Å². The van der Waals surface area contributed by atoms with E-state index in [4.69, 9.17) is 5.73 Å². The molecule has 0 radical (unpaired) electrons. The molecule has 0 spiro atoms. The van der Waals surface area contributed by atoms with E-state index in [0.717, 1.165) is 6.42 Å². The van der Waals surface area contributed by atoms with Crippen LogP contribution in [0.2, 0.25) is 0 Å². The molecule has 2 nitrogen and oxygen atoms in total. The summed E-state index contributed by atoms with van der Waals surface area (Å²) < 4.78 is 36.8. The van der Waals surface area contributed by atoms with Crippen molar-refractivity contribution >= 4 is 0 Å². The molecule has 0 aromatic rings. The summed E-state index contributed by atoms with van der Waals surface area (Å²) >= 11 is 0. The summed E-state index contributed by atoms with van der Waals surface area (Å²) in [7, 11) is 0. The van der Waals surface area contributed by atoms with Gasteiger partial charge in [0.1, 0.15) is 6.04 Å². The molecule has 0 unspecified atom stereocenters. The summed E-state index contributed by atoms with van der Waals surface area (Å²) in [4.78, 5) is 0. The SMILES string of the molecule is NC[C@@H]1CCCN[C@H]1C(F)(F)F. The van der Waals surface area contributed by atoms with Crippen molar-refractivity contribution in [1.29, 1.82) is 0 Å². The van der Waals surface area contributed by atoms with Crippen molar-refractivity contribution in [2.75, 3.05) is 13.1 Å². The third-order valence-electron chi connectivity index (χ3n) is 2.24. The zero-order valence-corrected chi connectivity index (χ0v) is 6.69. The smallest absolute Gasteiger partial charge is 0.330 e. The first-order valence-corrected chi connectivity index (χ1v) is 4.06. The topological polar surface area (TPSA) is 38.0 Å². The lowest BCUT2D eigenvalue weighted by Crippen LogP contribution is -2.52. The maximum Gasteiger partial charge on any atom is 0.404 e. The maximum absolute atomic E-state index is 12.3. The number of hydrogen-bond donors (Lipinski definition) is 2. The third-order valence-corrected chi connectivity index (χ3v) is 2.24. The molecule has 1 saturated heterocycles. The van der Waals surface area contributed by atoms with Gasteiger partial charge < -0.3 is 11.1 Å². The fourth-order valence-electron chi connectivity index (χ4n) is 1.59. The van der Waals surface area contributed by atoms with Gasteiger partial charge in [0.2, 0.25) is 0 Å². The van der Waals surface area contributed by atoms with Crippen molar-refractivity contribution < 1.29 is 13.2 Å². The molecule has 0 aromatic carbocycles. The third kappa shape index (κ3) is 2.10. The second-order valence-corrected chi connectivity index (χ2v) is 3.11. The highest BCUT2D eigenvalue weighted by molar-refractivity contribution is 4.86. The number of rotatable bonds is 1. The van der Waals surface area contributed by atoms with E-state index in [-0.39, 0.29) is 6.54 Å². The Labute approximate surface area is 69.3 Å². The van der Waals surface area contributed by atoms with Crippen molar-refractivity contribution in [3.8, 4) is 0 Å². The van der Waals surface area contributed by atoms with Crippen LogP contribution in [0.15, 0.2) is 0 Å². The first kappa shape index (κ1) is 9.80. The molecule has 72 valence electrons. The highest BCUT2D eigenvalue weighted by Gasteiger charge is 2.44. The summed E-state index contributed by atoms with van der Waals surface area (Å²) in [6.45, 7) is 0.553. The molecular formula is C7H13F3N2. The highest BCUT2D eigenvalue weighted by Crippen LogP contribution is 2.29. The van der Waals surface area contributed by atoms with E-state index < -0.39 is 18.1 Å². The molecule has 1 heterocycles. The van der Waals surface area contributed by atoms with Gasteiger partial charge in [-0.1, -0.05) is 0 Å². The Morgan fingerprint density at radius 3 is 2.50 bits per heavy atom. The Balaban J connectivity index is 2.59. The first-order valence-electron chi connectivity index (χ1n) is 4.06. The van der Waals surface area contributed by atoms with Crippen LogP contribution in [0.5, 0.6) is 0 Å². The minimum Gasteiger partial charge on any atom is -0.330 e. The fourth-order valence-corrected chi connectivity index (χ4v) is 1.59. The molecule has 0 aliphatic carbocycles. The van der Waals surface area contributed by atoms with E-state index in [0.29, 0.717) is 13.0 Å². The molecule has 1 aliphatic heterocycles. The van der Waals surface area contributed by atoms with Crippen LogP contribution in [0, 0.1) is 5.92 Å². The predicted molar refractivity (Wildman–Crippen MR) is 39.6 cm³/mol. The lowest BCUT2D eigenvalue weighted by atomic mass is 9.90. The van der Waals surface area contributed by atoms with Crippen molar-refractivity contribution in [2.45, 2.75) is 25.1 Å². The zero-order chi connectivity index (χ0) is 9.19. The molecule has 0 amide bonds. The van der Waals surface area contributed by atoms with Crippen LogP contribution >= 0.6 is 0 Å². The molecule has 2 atom stereocenters. The number of alkyl halides is 3. The maximum atomic E-state index is 12.3. The molecule has 12 heavy (non-hydrogen) atoms. The summed E-state index contributed by atoms with van der Waals surface area (Å²) in [5.74, 6) is -0.446. The lowest BCUT2D eigenvalue weighted by Gasteiger charge is -2.33. The number of nitrogens with two attached hydrogens (primary N) is 1. The number of halogens is 3. The van der Waals surface area contributed by atoms with E-state index in [2.05, 4.69) is 5.32 Å². The standard InChI is InChI=1S/C7H13F3N2/c8-7(9,10)6-5(4-11)2-1-3-12-6/h5-6,12H,1-4,11H2/t5-,6+/m0/s1. The van der Waals surface area contributed by atoms with Crippen molar-refractivity contribution in [1.82, 2.24) is 5.32 Å². The van der Waals surface area contributed by atoms with E-state index in [1.807, 2.05) is 0 Å². The molecular weight excluding hydrogens is 169 g/mol. The van der Waals surface area contributed by atoms with Crippen molar-refractivity contribution in [3.63, 3.8) is 0 Å². The van der Waals surface area contributed by atoms with Crippen LogP contribution in [-0.2, 0) is 0 Å². The van der Waals surface area contributed by atoms with Gasteiger partial charge in [0, 0.05) is 0 Å². The van der Waals surface area contributed by atoms with Gasteiger partial charge in [-0.2, -0.15) is 13.2 Å². The zero-order valence-electron chi connectivity index (χ0n) is 6.69. The second kappa shape index (κ2) is 3.62. The average molecular weight is 182 g/mol. The Morgan fingerprint density at radius 2 is 2.08 bits per heavy atom. The van der Waals surface area contributed by atoms with E-state index in [1.165, 1.54) is 0 Å². The molecule has 0 saturated carbocycles. The Bertz CT molecular complexity index is 146. The Kier molecular flexibility index (Phi) is 2.95. The molecule has 1 aliphatic rings. The van der Waals surface area contributed by atoms with Crippen LogP contribution in [-0.4, -0.2) is 25.3 Å². The second-order valence-electron chi connectivity index (χ2n) is 3.11. The minimum absolute atomic E-state index is 0.108.